The Bertz CT molecular complexity index is 370. The normalized spacial score (nSPS) is 13.6. The predicted molar refractivity (Wildman–Crippen MR) is 51.3 cm³/mol. The molecule has 0 radical (unpaired) electrons. The zero-order valence-corrected chi connectivity index (χ0v) is 9.01. The second-order valence-corrected chi connectivity index (χ2v) is 3.45. The standard InChI is InChI=1S/C9H9ClF3NO2/c1-5(9(11,12)13)16-8-3-2-6(10)7(4-15)14-8/h2-3,5,15H,4H2,1H3. The van der Waals surface area contributed by atoms with Crippen molar-refractivity contribution >= 4 is 11.6 Å². The van der Waals surface area contributed by atoms with Crippen molar-refractivity contribution in [1.29, 1.82) is 0 Å². The molecule has 0 aliphatic heterocycles. The second-order valence-electron chi connectivity index (χ2n) is 3.04. The van der Waals surface area contributed by atoms with Crippen LogP contribution in [-0.4, -0.2) is 22.4 Å². The lowest BCUT2D eigenvalue weighted by molar-refractivity contribution is -0.190. The van der Waals surface area contributed by atoms with Gasteiger partial charge in [-0.25, -0.2) is 4.98 Å². The molecule has 0 bridgehead atoms. The zero-order chi connectivity index (χ0) is 12.3. The first-order chi connectivity index (χ1) is 7.34. The fourth-order valence-electron chi connectivity index (χ4n) is 0.889. The van der Waals surface area contributed by atoms with Gasteiger partial charge in [-0.15, -0.1) is 0 Å². The summed E-state index contributed by atoms with van der Waals surface area (Å²) in [6, 6.07) is 2.53. The SMILES string of the molecule is CC(Oc1ccc(Cl)c(CO)n1)C(F)(F)F. The molecule has 3 nitrogen and oxygen atoms in total. The molecule has 7 heteroatoms. The summed E-state index contributed by atoms with van der Waals surface area (Å²) in [6.07, 6.45) is -6.42. The van der Waals surface area contributed by atoms with E-state index in [-0.39, 0.29) is 16.6 Å². The van der Waals surface area contributed by atoms with Gasteiger partial charge < -0.3 is 9.84 Å². The molecule has 1 aromatic heterocycles. The Morgan fingerprint density at radius 1 is 1.50 bits per heavy atom. The molecule has 1 atom stereocenters. The third kappa shape index (κ3) is 3.24. The van der Waals surface area contributed by atoms with Gasteiger partial charge in [0.05, 0.1) is 17.3 Å². The smallest absolute Gasteiger partial charge is 0.425 e. The molecule has 16 heavy (non-hydrogen) atoms. The summed E-state index contributed by atoms with van der Waals surface area (Å²) in [4.78, 5) is 3.64. The first kappa shape index (κ1) is 13.1. The number of alkyl halides is 3. The van der Waals surface area contributed by atoms with E-state index in [4.69, 9.17) is 16.7 Å². The Morgan fingerprint density at radius 2 is 2.12 bits per heavy atom. The lowest BCUT2D eigenvalue weighted by Crippen LogP contribution is -2.31. The Hall–Kier alpha value is -1.01. The third-order valence-corrected chi connectivity index (χ3v) is 2.15. The van der Waals surface area contributed by atoms with Crippen LogP contribution in [0.25, 0.3) is 0 Å². The maximum Gasteiger partial charge on any atom is 0.425 e. The van der Waals surface area contributed by atoms with Crippen LogP contribution in [0.1, 0.15) is 12.6 Å². The lowest BCUT2D eigenvalue weighted by Gasteiger charge is -2.17. The average molecular weight is 256 g/mol. The van der Waals surface area contributed by atoms with E-state index in [0.29, 0.717) is 0 Å². The van der Waals surface area contributed by atoms with E-state index < -0.39 is 18.9 Å². The van der Waals surface area contributed by atoms with Crippen molar-refractivity contribution in [2.75, 3.05) is 0 Å². The van der Waals surface area contributed by atoms with Gasteiger partial charge in [-0.05, 0) is 13.0 Å². The van der Waals surface area contributed by atoms with E-state index in [9.17, 15) is 13.2 Å². The van der Waals surface area contributed by atoms with Crippen molar-refractivity contribution in [3.05, 3.63) is 22.8 Å². The quantitative estimate of drug-likeness (QED) is 0.903. The fourth-order valence-corrected chi connectivity index (χ4v) is 1.05. The van der Waals surface area contributed by atoms with Gasteiger partial charge in [-0.1, -0.05) is 11.6 Å². The largest absolute Gasteiger partial charge is 0.465 e. The summed E-state index contributed by atoms with van der Waals surface area (Å²) < 4.78 is 41.1. The number of hydrogen-bond acceptors (Lipinski definition) is 3. The van der Waals surface area contributed by atoms with Crippen LogP contribution in [-0.2, 0) is 6.61 Å². The molecule has 0 aliphatic carbocycles. The van der Waals surface area contributed by atoms with Crippen LogP contribution < -0.4 is 4.74 Å². The van der Waals surface area contributed by atoms with Gasteiger partial charge in [0.1, 0.15) is 0 Å². The van der Waals surface area contributed by atoms with Gasteiger partial charge in [0, 0.05) is 6.07 Å². The third-order valence-electron chi connectivity index (χ3n) is 1.80. The number of pyridine rings is 1. The van der Waals surface area contributed by atoms with E-state index in [1.807, 2.05) is 0 Å². The summed E-state index contributed by atoms with van der Waals surface area (Å²) in [5.74, 6) is -0.224. The van der Waals surface area contributed by atoms with Crippen molar-refractivity contribution in [1.82, 2.24) is 4.98 Å². The highest BCUT2D eigenvalue weighted by molar-refractivity contribution is 6.31. The molecule has 1 N–H and O–H groups in total. The van der Waals surface area contributed by atoms with Crippen molar-refractivity contribution in [3.8, 4) is 5.88 Å². The van der Waals surface area contributed by atoms with E-state index in [1.165, 1.54) is 12.1 Å². The van der Waals surface area contributed by atoms with Crippen molar-refractivity contribution in [2.45, 2.75) is 25.8 Å². The molecule has 1 rings (SSSR count). The molecular formula is C9H9ClF3NO2. The second kappa shape index (κ2) is 4.88. The molecule has 0 saturated heterocycles. The number of halogens is 4. The minimum Gasteiger partial charge on any atom is -0.465 e. The molecule has 90 valence electrons. The average Bonchev–Trinajstić information content (AvgIpc) is 2.19. The number of hydrogen-bond donors (Lipinski definition) is 1. The van der Waals surface area contributed by atoms with Crippen LogP contribution in [0.2, 0.25) is 5.02 Å². The number of rotatable bonds is 3. The zero-order valence-electron chi connectivity index (χ0n) is 8.25. The summed E-state index contributed by atoms with van der Waals surface area (Å²) in [6.45, 7) is 0.408. The minimum absolute atomic E-state index is 0.0774. The predicted octanol–water partition coefficient (Wildman–Crippen LogP) is 2.56. The Kier molecular flexibility index (Phi) is 3.98. The molecular weight excluding hydrogens is 247 g/mol. The maximum atomic E-state index is 12.2. The molecule has 0 aliphatic rings. The topological polar surface area (TPSA) is 42.4 Å². The van der Waals surface area contributed by atoms with Gasteiger partial charge in [0.2, 0.25) is 5.88 Å². The monoisotopic (exact) mass is 255 g/mol. The van der Waals surface area contributed by atoms with E-state index >= 15 is 0 Å². The van der Waals surface area contributed by atoms with Crippen LogP contribution in [0.5, 0.6) is 5.88 Å². The molecule has 0 saturated carbocycles. The first-order valence-electron chi connectivity index (χ1n) is 4.34. The molecule has 0 spiro atoms. The van der Waals surface area contributed by atoms with Gasteiger partial charge in [0.25, 0.3) is 0 Å². The van der Waals surface area contributed by atoms with Crippen LogP contribution >= 0.6 is 11.6 Å². The fraction of sp³-hybridized carbons (Fsp3) is 0.444. The number of aliphatic hydroxyl groups excluding tert-OH is 1. The minimum atomic E-state index is -4.46. The number of ether oxygens (including phenoxy) is 1. The van der Waals surface area contributed by atoms with Gasteiger partial charge >= 0.3 is 6.18 Å². The summed E-state index contributed by atoms with van der Waals surface area (Å²) in [7, 11) is 0. The maximum absolute atomic E-state index is 12.2. The Labute approximate surface area is 94.8 Å². The summed E-state index contributed by atoms with van der Waals surface area (Å²) in [5.41, 5.74) is 0.0774. The molecule has 1 unspecified atom stereocenters. The molecule has 0 fully saturated rings. The van der Waals surface area contributed by atoms with Crippen LogP contribution in [0.4, 0.5) is 13.2 Å². The van der Waals surface area contributed by atoms with Crippen molar-refractivity contribution in [2.24, 2.45) is 0 Å². The number of aliphatic hydroxyl groups is 1. The van der Waals surface area contributed by atoms with E-state index in [2.05, 4.69) is 9.72 Å². The highest BCUT2D eigenvalue weighted by Gasteiger charge is 2.38. The number of aromatic nitrogens is 1. The van der Waals surface area contributed by atoms with Gasteiger partial charge in [-0.3, -0.25) is 0 Å². The van der Waals surface area contributed by atoms with E-state index in [0.717, 1.165) is 6.92 Å². The Morgan fingerprint density at radius 3 is 2.62 bits per heavy atom. The highest BCUT2D eigenvalue weighted by Crippen LogP contribution is 2.25. The Balaban J connectivity index is 2.82. The first-order valence-corrected chi connectivity index (χ1v) is 4.72. The van der Waals surface area contributed by atoms with Crippen LogP contribution in [0, 0.1) is 0 Å². The molecule has 1 aromatic rings. The van der Waals surface area contributed by atoms with Crippen molar-refractivity contribution in [3.63, 3.8) is 0 Å². The molecule has 1 heterocycles. The van der Waals surface area contributed by atoms with Gasteiger partial charge in [0.15, 0.2) is 6.10 Å². The summed E-state index contributed by atoms with van der Waals surface area (Å²) >= 11 is 5.62. The van der Waals surface area contributed by atoms with E-state index in [1.54, 1.807) is 0 Å². The lowest BCUT2D eigenvalue weighted by atomic mass is 10.3. The highest BCUT2D eigenvalue weighted by atomic mass is 35.5. The number of nitrogens with zero attached hydrogens (tertiary/aromatic N) is 1. The molecule has 0 amide bonds. The van der Waals surface area contributed by atoms with Crippen LogP contribution in [0.15, 0.2) is 12.1 Å². The summed E-state index contributed by atoms with van der Waals surface area (Å²) in [5, 5.41) is 8.99. The molecule has 0 aromatic carbocycles. The van der Waals surface area contributed by atoms with Crippen molar-refractivity contribution < 1.29 is 23.0 Å². The van der Waals surface area contributed by atoms with Crippen LogP contribution in [0.3, 0.4) is 0 Å². The van der Waals surface area contributed by atoms with Gasteiger partial charge in [-0.2, -0.15) is 13.2 Å².